The molecular formula is C60H99N23O16. The monoisotopic (exact) mass is 1400 g/mol. The van der Waals surface area contributed by atoms with Crippen LogP contribution >= 0.6 is 0 Å². The van der Waals surface area contributed by atoms with Crippen LogP contribution in [0.25, 0.3) is 0 Å². The summed E-state index contributed by atoms with van der Waals surface area (Å²) in [6, 6.07) is -3.82. The molecule has 0 spiro atoms. The van der Waals surface area contributed by atoms with Gasteiger partial charge in [-0.1, -0.05) is 56.3 Å². The first-order chi connectivity index (χ1) is 46.8. The van der Waals surface area contributed by atoms with Gasteiger partial charge < -0.3 is 131 Å². The van der Waals surface area contributed by atoms with Gasteiger partial charge in [0.25, 0.3) is 0 Å². The van der Waals surface area contributed by atoms with E-state index < -0.39 is 151 Å². The number of carboxylic acids is 1. The Labute approximate surface area is 571 Å². The molecule has 13 amide bonds. The maximum atomic E-state index is 14.5. The van der Waals surface area contributed by atoms with E-state index in [0.717, 1.165) is 0 Å². The van der Waals surface area contributed by atoms with Crippen molar-refractivity contribution in [2.24, 2.45) is 72.5 Å². The number of hydrogen-bond acceptors (Lipinski definition) is 19. The minimum absolute atomic E-state index is 0.0302. The lowest BCUT2D eigenvalue weighted by Gasteiger charge is -2.28. The topological polar surface area (TPSA) is 689 Å². The van der Waals surface area contributed by atoms with Crippen molar-refractivity contribution in [3.8, 4) is 5.75 Å². The first kappa shape index (κ1) is 84.3. The molecule has 2 rings (SSSR count). The Morgan fingerprint density at radius 2 is 0.707 bits per heavy atom. The van der Waals surface area contributed by atoms with Crippen LogP contribution < -0.4 is 110 Å². The molecule has 0 heterocycles. The normalized spacial score (nSPS) is 13.9. The molecule has 10 atom stereocenters. The van der Waals surface area contributed by atoms with E-state index in [1.807, 2.05) is 0 Å². The molecule has 99 heavy (non-hydrogen) atoms. The van der Waals surface area contributed by atoms with Crippen molar-refractivity contribution in [3.63, 3.8) is 0 Å². The lowest BCUT2D eigenvalue weighted by molar-refractivity contribution is -0.142. The summed E-state index contributed by atoms with van der Waals surface area (Å²) in [6.07, 6.45) is -0.904. The summed E-state index contributed by atoms with van der Waals surface area (Å²) in [7, 11) is 0. The average molecular weight is 1400 g/mol. The number of carbonyl (C=O) groups is 12. The summed E-state index contributed by atoms with van der Waals surface area (Å²) in [5.41, 5.74) is 50.1. The maximum Gasteiger partial charge on any atom is 0.326 e. The van der Waals surface area contributed by atoms with E-state index in [0.29, 0.717) is 17.5 Å². The number of aromatic hydroxyl groups is 1. The molecule has 0 unspecified atom stereocenters. The highest BCUT2D eigenvalue weighted by Gasteiger charge is 2.36. The fourth-order valence-electron chi connectivity index (χ4n) is 9.44. The number of urea groups is 2. The molecule has 39 nitrogen and oxygen atoms in total. The van der Waals surface area contributed by atoms with Gasteiger partial charge in [-0.3, -0.25) is 58.1 Å². The van der Waals surface area contributed by atoms with E-state index >= 15 is 0 Å². The number of guanidine groups is 3. The zero-order valence-electron chi connectivity index (χ0n) is 55.4. The van der Waals surface area contributed by atoms with Gasteiger partial charge in [-0.05, 0) is 99.8 Å². The summed E-state index contributed by atoms with van der Waals surface area (Å²) in [4.78, 5) is 174. The lowest BCUT2D eigenvalue weighted by Crippen LogP contribution is -2.61. The molecule has 39 heteroatoms. The van der Waals surface area contributed by atoms with Crippen molar-refractivity contribution in [2.45, 2.75) is 158 Å². The van der Waals surface area contributed by atoms with E-state index in [2.05, 4.69) is 73.5 Å². The van der Waals surface area contributed by atoms with Gasteiger partial charge in [-0.15, -0.1) is 0 Å². The largest absolute Gasteiger partial charge is 0.508 e. The molecule has 33 N–H and O–H groups in total. The predicted molar refractivity (Wildman–Crippen MR) is 362 cm³/mol. The fraction of sp³-hybridized carbons (Fsp3) is 0.550. The van der Waals surface area contributed by atoms with Crippen molar-refractivity contribution in [1.82, 2.24) is 58.5 Å². The smallest absolute Gasteiger partial charge is 0.326 e. The summed E-state index contributed by atoms with van der Waals surface area (Å²) >= 11 is 0. The summed E-state index contributed by atoms with van der Waals surface area (Å²) in [5.74, 6) is -11.7. The number of nitrogens with two attached hydrogens (primary N) is 9. The van der Waals surface area contributed by atoms with E-state index in [9.17, 15) is 78.0 Å². The van der Waals surface area contributed by atoms with Crippen LogP contribution in [0.5, 0.6) is 5.75 Å². The molecule has 2 aromatic rings. The van der Waals surface area contributed by atoms with Crippen LogP contribution in [0.3, 0.4) is 0 Å². The number of aliphatic hydroxyl groups is 2. The first-order valence-corrected chi connectivity index (χ1v) is 31.8. The molecule has 0 saturated heterocycles. The number of phenolic OH excluding ortho intramolecular Hbond substituents is 1. The van der Waals surface area contributed by atoms with Gasteiger partial charge in [-0.2, -0.15) is 0 Å². The summed E-state index contributed by atoms with van der Waals surface area (Å²) in [6.45, 7) is 1.07. The van der Waals surface area contributed by atoms with Crippen LogP contribution in [-0.2, 0) is 60.8 Å². The molecule has 2 aromatic carbocycles. The standard InChI is InChI=1S/C60H99N23O16/c1-32(2)27-41(79-49(90)37(14-7-23-71-57(64)65)75-46(87)36(61)13-6-22-70-56(62)63)51(92)82-45(31-85)54(95)80-42(28-34-18-20-35(86)21-19-34)52(93)83-44(30-84)53(94)78-39(17-10-26-74-60(69)99)48(89)76-38(16-9-25-73-59(68)98)47(88)77-40(15-8-24-72-58(66)67)50(91)81-43(55(96)97)29-33-11-4-3-5-12-33/h3-5,11-12,18-21,32,36-45,84-86H,6-10,13-17,22-31,61H2,1-2H3,(H,75,87)(H,76,89)(H,77,88)(H,78,94)(H,79,90)(H,80,95)(H,81,91)(H,82,92)(H,83,93)(H,96,97)(H4,62,63,70)(H4,64,65,71)(H4,66,67,72)(H3,68,73,98)(H3,69,74,99)/t36-,37-,38-,39-,40-,41-,42-,43-,44-,45-/m0/s1. The second-order valence-corrected chi connectivity index (χ2v) is 23.3. The molecule has 0 aliphatic heterocycles. The highest BCUT2D eigenvalue weighted by molar-refractivity contribution is 5.99. The number of rotatable bonds is 47. The molecule has 0 aliphatic carbocycles. The van der Waals surface area contributed by atoms with E-state index in [1.165, 1.54) is 24.3 Å². The average Bonchev–Trinajstić information content (AvgIpc) is 0.881. The number of nitrogens with one attached hydrogen (secondary N) is 11. The summed E-state index contributed by atoms with van der Waals surface area (Å²) < 4.78 is 0. The Morgan fingerprint density at radius 1 is 0.394 bits per heavy atom. The van der Waals surface area contributed by atoms with Gasteiger partial charge in [0.1, 0.15) is 60.1 Å². The van der Waals surface area contributed by atoms with Crippen LogP contribution in [0.2, 0.25) is 0 Å². The quantitative estimate of drug-likeness (QED) is 0.0166. The van der Waals surface area contributed by atoms with Gasteiger partial charge in [0, 0.05) is 45.6 Å². The van der Waals surface area contributed by atoms with Crippen LogP contribution in [0, 0.1) is 5.92 Å². The van der Waals surface area contributed by atoms with Gasteiger partial charge >= 0.3 is 18.0 Å². The van der Waals surface area contributed by atoms with Crippen molar-refractivity contribution in [2.75, 3.05) is 45.9 Å². The number of benzene rings is 2. The Morgan fingerprint density at radius 3 is 1.09 bits per heavy atom. The number of carbonyl (C=O) groups excluding carboxylic acids is 11. The predicted octanol–water partition coefficient (Wildman–Crippen LogP) is -7.96. The minimum atomic E-state index is -1.94. The Hall–Kier alpha value is -10.8. The van der Waals surface area contributed by atoms with Crippen LogP contribution in [0.4, 0.5) is 9.59 Å². The summed E-state index contributed by atoms with van der Waals surface area (Å²) in [5, 5.41) is 68.3. The number of phenols is 1. The number of aliphatic carboxylic acids is 1. The maximum absolute atomic E-state index is 14.5. The van der Waals surface area contributed by atoms with E-state index in [-0.39, 0.29) is 133 Å². The number of aliphatic imine (C=N–C) groups is 3. The molecule has 0 saturated carbocycles. The molecule has 0 bridgehead atoms. The molecule has 0 radical (unpaired) electrons. The number of hydrogen-bond donors (Lipinski definition) is 24. The Bertz CT molecular complexity index is 3060. The van der Waals surface area contributed by atoms with Crippen molar-refractivity contribution in [1.29, 1.82) is 0 Å². The van der Waals surface area contributed by atoms with Crippen molar-refractivity contribution in [3.05, 3.63) is 65.7 Å². The number of primary amides is 2. The second kappa shape index (κ2) is 45.6. The van der Waals surface area contributed by atoms with Gasteiger partial charge in [0.15, 0.2) is 17.9 Å². The lowest BCUT2D eigenvalue weighted by atomic mass is 10.0. The van der Waals surface area contributed by atoms with Crippen molar-refractivity contribution >= 4 is 89.1 Å². The fourth-order valence-corrected chi connectivity index (χ4v) is 9.44. The van der Waals surface area contributed by atoms with Gasteiger partial charge in [0.05, 0.1) is 19.3 Å². The second-order valence-electron chi connectivity index (χ2n) is 23.3. The number of nitrogens with zero attached hydrogens (tertiary/aromatic N) is 3. The third-order valence-electron chi connectivity index (χ3n) is 14.5. The minimum Gasteiger partial charge on any atom is -0.508 e. The number of carboxylic acid groups (broad SMARTS) is 1. The van der Waals surface area contributed by atoms with Crippen LogP contribution in [-0.4, -0.2) is 216 Å². The van der Waals surface area contributed by atoms with Gasteiger partial charge in [-0.25, -0.2) is 14.4 Å². The SMILES string of the molecule is CC(C)C[C@H](NC(=O)[C@H](CCCN=C(N)N)NC(=O)[C@@H](N)CCCN=C(N)N)C(=O)N[C@@H](CO)C(=O)N[C@@H](Cc1ccc(O)cc1)C(=O)N[C@@H](CO)C(=O)N[C@@H](CCCNC(N)=O)C(=O)N[C@@H](CCCNC(N)=O)C(=O)N[C@@H](CCCN=C(N)N)C(=O)N[C@@H](Cc1ccccc1)C(=O)O. The van der Waals surface area contributed by atoms with E-state index in [1.54, 1.807) is 44.2 Å². The molecular weight excluding hydrogens is 1300 g/mol. The number of aliphatic hydroxyl groups excluding tert-OH is 2. The molecule has 550 valence electrons. The molecule has 0 aliphatic rings. The van der Waals surface area contributed by atoms with Crippen LogP contribution in [0.1, 0.15) is 95.6 Å². The van der Waals surface area contributed by atoms with Crippen LogP contribution in [0.15, 0.2) is 69.6 Å². The third-order valence-corrected chi connectivity index (χ3v) is 14.5. The highest BCUT2D eigenvalue weighted by atomic mass is 16.4. The van der Waals surface area contributed by atoms with Crippen molar-refractivity contribution < 1.29 is 78.0 Å². The first-order valence-electron chi connectivity index (χ1n) is 31.8. The molecule has 0 aromatic heterocycles. The Kier molecular flexibility index (Phi) is 38.8. The molecule has 0 fully saturated rings. The number of amides is 13. The zero-order chi connectivity index (χ0) is 74.1. The third kappa shape index (κ3) is 35.1. The highest BCUT2D eigenvalue weighted by Crippen LogP contribution is 2.14. The zero-order valence-corrected chi connectivity index (χ0v) is 55.4. The van der Waals surface area contributed by atoms with Gasteiger partial charge in [0.2, 0.25) is 53.2 Å². The Balaban J connectivity index is 2.53. The van der Waals surface area contributed by atoms with E-state index in [4.69, 9.17) is 51.6 Å².